The van der Waals surface area contributed by atoms with E-state index in [-0.39, 0.29) is 0 Å². The molecular formula is C38H34N2O. The molecule has 0 spiro atoms. The molecule has 0 aliphatic heterocycles. The predicted octanol–water partition coefficient (Wildman–Crippen LogP) is 10.8. The second kappa shape index (κ2) is 9.78. The molecule has 0 N–H and O–H groups in total. The maximum Gasteiger partial charge on any atom is 0.149 e. The van der Waals surface area contributed by atoms with Crippen molar-refractivity contribution in [2.45, 2.75) is 46.4 Å². The number of benzene rings is 5. The molecule has 0 radical (unpaired) electrons. The van der Waals surface area contributed by atoms with Gasteiger partial charge in [0.15, 0.2) is 0 Å². The summed E-state index contributed by atoms with van der Waals surface area (Å²) in [6, 6.07) is 34.5. The van der Waals surface area contributed by atoms with E-state index in [0.717, 1.165) is 55.5 Å². The first-order valence-corrected chi connectivity index (χ1v) is 14.3. The van der Waals surface area contributed by atoms with Crippen molar-refractivity contribution in [3.05, 3.63) is 120 Å². The van der Waals surface area contributed by atoms with Crippen LogP contribution in [0.25, 0.3) is 61.2 Å². The molecule has 0 saturated carbocycles. The number of rotatable bonds is 5. The molecule has 0 aliphatic rings. The monoisotopic (exact) mass is 537 g/mol. The zero-order chi connectivity index (χ0) is 30.7. The molecule has 2 heterocycles. The molecule has 0 bridgehead atoms. The largest absolute Gasteiger partial charge is 0.455 e. The van der Waals surface area contributed by atoms with Crippen molar-refractivity contribution in [3.8, 4) is 28.2 Å². The zero-order valence-electron chi connectivity index (χ0n) is 26.8. The SMILES string of the molecule is [2H]C([2H])([2H])c1ccc(-c2ccc3c(c2)oc2c(-c4nc5ccccc5n4-c4c(C(C)C)cccc4C(C)C)cccc23)cc1. The van der Waals surface area contributed by atoms with Crippen molar-refractivity contribution >= 4 is 33.0 Å². The van der Waals surface area contributed by atoms with Crippen LogP contribution in [0.15, 0.2) is 108 Å². The van der Waals surface area contributed by atoms with Crippen LogP contribution >= 0.6 is 0 Å². The summed E-state index contributed by atoms with van der Waals surface area (Å²) in [4.78, 5) is 5.23. The van der Waals surface area contributed by atoms with E-state index in [9.17, 15) is 0 Å². The summed E-state index contributed by atoms with van der Waals surface area (Å²) < 4.78 is 32.1. The van der Waals surface area contributed by atoms with E-state index in [1.807, 2.05) is 24.3 Å². The van der Waals surface area contributed by atoms with Crippen LogP contribution in [0, 0.1) is 6.85 Å². The van der Waals surface area contributed by atoms with Crippen molar-refractivity contribution in [1.82, 2.24) is 9.55 Å². The van der Waals surface area contributed by atoms with Crippen molar-refractivity contribution in [2.75, 3.05) is 0 Å². The first kappa shape index (κ1) is 22.1. The third-order valence-electron chi connectivity index (χ3n) is 8.08. The maximum absolute atomic E-state index is 7.69. The second-order valence-corrected chi connectivity index (χ2v) is 11.4. The number of imidazole rings is 1. The number of nitrogens with zero attached hydrogens (tertiary/aromatic N) is 2. The Kier molecular flexibility index (Phi) is 5.27. The topological polar surface area (TPSA) is 31.0 Å². The molecule has 0 saturated heterocycles. The number of aryl methyl sites for hydroxylation is 1. The fraction of sp³-hybridized carbons (Fsp3) is 0.184. The van der Waals surface area contributed by atoms with Gasteiger partial charge in [0.1, 0.15) is 17.0 Å². The number of aromatic nitrogens is 2. The Morgan fingerprint density at radius 3 is 2.15 bits per heavy atom. The number of furan rings is 1. The van der Waals surface area contributed by atoms with Crippen LogP contribution in [-0.2, 0) is 0 Å². The van der Waals surface area contributed by atoms with Crippen molar-refractivity contribution in [2.24, 2.45) is 0 Å². The van der Waals surface area contributed by atoms with Crippen molar-refractivity contribution < 1.29 is 8.53 Å². The molecular weight excluding hydrogens is 500 g/mol. The van der Waals surface area contributed by atoms with Gasteiger partial charge in [-0.25, -0.2) is 4.98 Å². The van der Waals surface area contributed by atoms with Gasteiger partial charge in [0.05, 0.1) is 22.3 Å². The van der Waals surface area contributed by atoms with Gasteiger partial charge in [-0.15, -0.1) is 0 Å². The third-order valence-corrected chi connectivity index (χ3v) is 8.08. The quantitative estimate of drug-likeness (QED) is 0.219. The van der Waals surface area contributed by atoms with Gasteiger partial charge in [0, 0.05) is 14.9 Å². The van der Waals surface area contributed by atoms with Gasteiger partial charge in [-0.05, 0) is 71.3 Å². The molecule has 5 aromatic carbocycles. The summed E-state index contributed by atoms with van der Waals surface area (Å²) in [6.45, 7) is 6.86. The molecule has 202 valence electrons. The van der Waals surface area contributed by atoms with Gasteiger partial charge in [0.25, 0.3) is 0 Å². The minimum atomic E-state index is -2.13. The van der Waals surface area contributed by atoms with Gasteiger partial charge in [0.2, 0.25) is 0 Å². The molecule has 41 heavy (non-hydrogen) atoms. The Morgan fingerprint density at radius 2 is 1.41 bits per heavy atom. The Morgan fingerprint density at radius 1 is 0.707 bits per heavy atom. The van der Waals surface area contributed by atoms with Crippen molar-refractivity contribution in [3.63, 3.8) is 0 Å². The standard InChI is InChI=1S/C38H34N2O/c1-23(2)28-10-8-11-29(24(3)4)36(28)40-34-15-7-6-14-33(34)39-38(40)32-13-9-12-31-30-21-20-27(22-35(30)41-37(31)32)26-18-16-25(5)17-19-26/h6-24H,1-5H3/i5D3. The number of para-hydroxylation sites is 4. The van der Waals surface area contributed by atoms with Gasteiger partial charge in [-0.1, -0.05) is 106 Å². The summed E-state index contributed by atoms with van der Waals surface area (Å²) in [5.74, 6) is 1.50. The number of hydrogen-bond acceptors (Lipinski definition) is 2. The highest BCUT2D eigenvalue weighted by molar-refractivity contribution is 6.10. The molecule has 3 heteroatoms. The highest BCUT2D eigenvalue weighted by Gasteiger charge is 2.24. The lowest BCUT2D eigenvalue weighted by Crippen LogP contribution is -2.08. The van der Waals surface area contributed by atoms with E-state index >= 15 is 0 Å². The van der Waals surface area contributed by atoms with E-state index in [4.69, 9.17) is 13.5 Å². The highest BCUT2D eigenvalue weighted by Crippen LogP contribution is 2.41. The smallest absolute Gasteiger partial charge is 0.149 e. The molecule has 7 rings (SSSR count). The highest BCUT2D eigenvalue weighted by atomic mass is 16.3. The van der Waals surface area contributed by atoms with E-state index in [1.165, 1.54) is 16.8 Å². The fourth-order valence-electron chi connectivity index (χ4n) is 6.02. The Balaban J connectivity index is 1.46. The fourth-order valence-corrected chi connectivity index (χ4v) is 6.02. The van der Waals surface area contributed by atoms with Gasteiger partial charge >= 0.3 is 0 Å². The molecule has 0 atom stereocenters. The summed E-state index contributed by atoms with van der Waals surface area (Å²) in [7, 11) is 0. The average Bonchev–Trinajstić information content (AvgIpc) is 3.58. The average molecular weight is 538 g/mol. The normalized spacial score (nSPS) is 13.4. The van der Waals surface area contributed by atoms with Crippen LogP contribution in [0.3, 0.4) is 0 Å². The summed E-state index contributed by atoms with van der Waals surface area (Å²) in [6.07, 6.45) is 0. The van der Waals surface area contributed by atoms with Crippen LogP contribution in [0.4, 0.5) is 0 Å². The molecule has 0 fully saturated rings. The van der Waals surface area contributed by atoms with Gasteiger partial charge in [-0.3, -0.25) is 4.57 Å². The first-order valence-electron chi connectivity index (χ1n) is 15.8. The molecule has 7 aromatic rings. The van der Waals surface area contributed by atoms with Crippen molar-refractivity contribution in [1.29, 1.82) is 0 Å². The van der Waals surface area contributed by atoms with Gasteiger partial charge < -0.3 is 4.42 Å². The van der Waals surface area contributed by atoms with E-state index in [0.29, 0.717) is 17.4 Å². The summed E-state index contributed by atoms with van der Waals surface area (Å²) >= 11 is 0. The van der Waals surface area contributed by atoms with Crippen LogP contribution < -0.4 is 0 Å². The van der Waals surface area contributed by atoms with Crippen LogP contribution in [-0.4, -0.2) is 9.55 Å². The Labute approximate surface area is 245 Å². The first-order chi connectivity index (χ1) is 21.1. The summed E-state index contributed by atoms with van der Waals surface area (Å²) in [5.41, 5.74) is 10.5. The second-order valence-electron chi connectivity index (χ2n) is 11.4. The molecule has 0 unspecified atom stereocenters. The van der Waals surface area contributed by atoms with Crippen LogP contribution in [0.1, 0.15) is 60.3 Å². The number of fused-ring (bicyclic) bond motifs is 4. The Bertz CT molecular complexity index is 2140. The maximum atomic E-state index is 7.69. The lowest BCUT2D eigenvalue weighted by Gasteiger charge is -2.22. The van der Waals surface area contributed by atoms with E-state index in [1.54, 1.807) is 12.1 Å². The molecule has 0 aliphatic carbocycles. The summed E-state index contributed by atoms with van der Waals surface area (Å²) in [5, 5.41) is 2.06. The Hall–Kier alpha value is -4.63. The van der Waals surface area contributed by atoms with E-state index in [2.05, 4.69) is 99.0 Å². The molecule has 3 nitrogen and oxygen atoms in total. The van der Waals surface area contributed by atoms with Gasteiger partial charge in [-0.2, -0.15) is 0 Å². The predicted molar refractivity (Wildman–Crippen MR) is 172 cm³/mol. The van der Waals surface area contributed by atoms with E-state index < -0.39 is 6.85 Å². The third kappa shape index (κ3) is 4.15. The zero-order valence-corrected chi connectivity index (χ0v) is 23.8. The van der Waals surface area contributed by atoms with Crippen LogP contribution in [0.5, 0.6) is 0 Å². The minimum absolute atomic E-state index is 0.326. The molecule has 2 aromatic heterocycles. The lowest BCUT2D eigenvalue weighted by molar-refractivity contribution is 0.669. The van der Waals surface area contributed by atoms with Crippen LogP contribution in [0.2, 0.25) is 0 Å². The molecule has 0 amide bonds. The lowest BCUT2D eigenvalue weighted by atomic mass is 9.92. The number of hydrogen-bond donors (Lipinski definition) is 0. The minimum Gasteiger partial charge on any atom is -0.455 e.